The maximum absolute atomic E-state index is 12.4. The highest BCUT2D eigenvalue weighted by atomic mass is 16.5. The molecule has 0 aromatic carbocycles. The number of hydrogen-bond donors (Lipinski definition) is 1. The number of pyridine rings is 1. The highest BCUT2D eigenvalue weighted by Crippen LogP contribution is 2.09. The van der Waals surface area contributed by atoms with E-state index in [0.29, 0.717) is 26.3 Å². The zero-order chi connectivity index (χ0) is 15.0. The molecule has 1 heterocycles. The SMILES string of the molecule is COCCN(CCOC)C(=O)c1ncccc1C(=O)O. The largest absolute Gasteiger partial charge is 0.478 e. The van der Waals surface area contributed by atoms with Gasteiger partial charge in [-0.25, -0.2) is 4.79 Å². The van der Waals surface area contributed by atoms with Gasteiger partial charge in [-0.15, -0.1) is 0 Å². The Balaban J connectivity index is 2.95. The van der Waals surface area contributed by atoms with Crippen LogP contribution in [0.15, 0.2) is 18.3 Å². The monoisotopic (exact) mass is 282 g/mol. The van der Waals surface area contributed by atoms with E-state index in [2.05, 4.69) is 4.98 Å². The van der Waals surface area contributed by atoms with E-state index in [4.69, 9.17) is 14.6 Å². The Morgan fingerprint density at radius 3 is 2.35 bits per heavy atom. The third-order valence-electron chi connectivity index (χ3n) is 2.66. The van der Waals surface area contributed by atoms with Gasteiger partial charge in [-0.3, -0.25) is 9.78 Å². The molecule has 0 unspecified atom stereocenters. The van der Waals surface area contributed by atoms with Crippen molar-refractivity contribution in [2.45, 2.75) is 0 Å². The van der Waals surface area contributed by atoms with Crippen LogP contribution in [0.5, 0.6) is 0 Å². The summed E-state index contributed by atoms with van der Waals surface area (Å²) in [6.07, 6.45) is 1.39. The number of ether oxygens (including phenoxy) is 2. The van der Waals surface area contributed by atoms with Crippen molar-refractivity contribution in [3.05, 3.63) is 29.6 Å². The molecule has 0 spiro atoms. The first-order chi connectivity index (χ1) is 9.61. The minimum Gasteiger partial charge on any atom is -0.478 e. The van der Waals surface area contributed by atoms with Crippen LogP contribution < -0.4 is 0 Å². The number of methoxy groups -OCH3 is 2. The number of amides is 1. The molecule has 1 aromatic heterocycles. The topological polar surface area (TPSA) is 89.0 Å². The van der Waals surface area contributed by atoms with Gasteiger partial charge < -0.3 is 19.5 Å². The van der Waals surface area contributed by atoms with Crippen LogP contribution in [-0.2, 0) is 9.47 Å². The lowest BCUT2D eigenvalue weighted by Gasteiger charge is -2.22. The van der Waals surface area contributed by atoms with E-state index in [1.165, 1.54) is 37.4 Å². The van der Waals surface area contributed by atoms with Crippen LogP contribution in [0.2, 0.25) is 0 Å². The Kier molecular flexibility index (Phi) is 6.61. The molecule has 0 aliphatic carbocycles. The molecule has 0 atom stereocenters. The van der Waals surface area contributed by atoms with Crippen molar-refractivity contribution in [2.75, 3.05) is 40.5 Å². The van der Waals surface area contributed by atoms with E-state index in [1.807, 2.05) is 0 Å². The number of carbonyl (C=O) groups excluding carboxylic acids is 1. The van der Waals surface area contributed by atoms with E-state index in [-0.39, 0.29) is 11.3 Å². The lowest BCUT2D eigenvalue weighted by Crippen LogP contribution is -2.37. The zero-order valence-electron chi connectivity index (χ0n) is 11.5. The highest BCUT2D eigenvalue weighted by molar-refractivity contribution is 6.03. The molecule has 1 N–H and O–H groups in total. The lowest BCUT2D eigenvalue weighted by molar-refractivity contribution is 0.0604. The first-order valence-electron chi connectivity index (χ1n) is 6.07. The van der Waals surface area contributed by atoms with Crippen molar-refractivity contribution < 1.29 is 24.2 Å². The predicted molar refractivity (Wildman–Crippen MR) is 70.9 cm³/mol. The average molecular weight is 282 g/mol. The number of aromatic nitrogens is 1. The van der Waals surface area contributed by atoms with E-state index < -0.39 is 11.9 Å². The second-order valence-corrected chi connectivity index (χ2v) is 3.98. The number of carbonyl (C=O) groups is 2. The molecule has 1 amide bonds. The summed E-state index contributed by atoms with van der Waals surface area (Å²) in [6, 6.07) is 2.84. The molecule has 0 bridgehead atoms. The average Bonchev–Trinajstić information content (AvgIpc) is 2.46. The van der Waals surface area contributed by atoms with Crippen molar-refractivity contribution in [2.24, 2.45) is 0 Å². The lowest BCUT2D eigenvalue weighted by atomic mass is 10.1. The molecule has 20 heavy (non-hydrogen) atoms. The first-order valence-corrected chi connectivity index (χ1v) is 6.07. The molecule has 7 heteroatoms. The number of carboxylic acids is 1. The van der Waals surface area contributed by atoms with Crippen LogP contribution in [0.25, 0.3) is 0 Å². The number of rotatable bonds is 8. The molecule has 0 fully saturated rings. The van der Waals surface area contributed by atoms with E-state index in [1.54, 1.807) is 0 Å². The standard InChI is InChI=1S/C13H18N2O5/c1-19-8-6-15(7-9-20-2)12(16)11-10(13(17)18)4-3-5-14-11/h3-5H,6-9H2,1-2H3,(H,17,18). The number of carboxylic acid groups (broad SMARTS) is 1. The van der Waals surface area contributed by atoms with Crippen molar-refractivity contribution in [3.8, 4) is 0 Å². The summed E-state index contributed by atoms with van der Waals surface area (Å²) in [7, 11) is 3.06. The Bertz CT molecular complexity index is 456. The van der Waals surface area contributed by atoms with Crippen molar-refractivity contribution in [1.82, 2.24) is 9.88 Å². The van der Waals surface area contributed by atoms with Crippen molar-refractivity contribution >= 4 is 11.9 Å². The zero-order valence-corrected chi connectivity index (χ0v) is 11.5. The van der Waals surface area contributed by atoms with Crippen molar-refractivity contribution in [1.29, 1.82) is 0 Å². The van der Waals surface area contributed by atoms with Gasteiger partial charge in [0.05, 0.1) is 18.8 Å². The van der Waals surface area contributed by atoms with Gasteiger partial charge in [0.2, 0.25) is 0 Å². The minimum absolute atomic E-state index is 0.0767. The van der Waals surface area contributed by atoms with Crippen molar-refractivity contribution in [3.63, 3.8) is 0 Å². The highest BCUT2D eigenvalue weighted by Gasteiger charge is 2.22. The summed E-state index contributed by atoms with van der Waals surface area (Å²) >= 11 is 0. The third-order valence-corrected chi connectivity index (χ3v) is 2.66. The molecule has 0 radical (unpaired) electrons. The summed E-state index contributed by atoms with van der Waals surface area (Å²) in [5.74, 6) is -1.63. The van der Waals surface area contributed by atoms with Gasteiger partial charge in [0.25, 0.3) is 5.91 Å². The van der Waals surface area contributed by atoms with E-state index in [9.17, 15) is 9.59 Å². The molecule has 0 aliphatic rings. The maximum Gasteiger partial charge on any atom is 0.338 e. The van der Waals surface area contributed by atoms with E-state index in [0.717, 1.165) is 0 Å². The number of aromatic carboxylic acids is 1. The second-order valence-electron chi connectivity index (χ2n) is 3.98. The number of hydrogen-bond acceptors (Lipinski definition) is 5. The quantitative estimate of drug-likeness (QED) is 0.747. The van der Waals surface area contributed by atoms with Gasteiger partial charge in [-0.05, 0) is 12.1 Å². The first kappa shape index (κ1) is 16.1. The summed E-state index contributed by atoms with van der Waals surface area (Å²) in [5, 5.41) is 9.09. The van der Waals surface area contributed by atoms with Crippen LogP contribution in [0.4, 0.5) is 0 Å². The molecule has 7 nitrogen and oxygen atoms in total. The maximum atomic E-state index is 12.4. The summed E-state index contributed by atoms with van der Waals surface area (Å²) < 4.78 is 9.89. The van der Waals surface area contributed by atoms with Gasteiger partial charge >= 0.3 is 5.97 Å². The fraction of sp³-hybridized carbons (Fsp3) is 0.462. The normalized spacial score (nSPS) is 10.3. The minimum atomic E-state index is -1.18. The van der Waals surface area contributed by atoms with Gasteiger partial charge in [-0.2, -0.15) is 0 Å². The Hall–Kier alpha value is -1.99. The second kappa shape index (κ2) is 8.23. The van der Waals surface area contributed by atoms with E-state index >= 15 is 0 Å². The Morgan fingerprint density at radius 2 is 1.85 bits per heavy atom. The van der Waals surface area contributed by atoms with Gasteiger partial charge in [0.15, 0.2) is 0 Å². The molecular formula is C13H18N2O5. The van der Waals surface area contributed by atoms with Gasteiger partial charge in [0.1, 0.15) is 5.69 Å². The number of nitrogens with zero attached hydrogens (tertiary/aromatic N) is 2. The summed E-state index contributed by atoms with van der Waals surface area (Å²) in [4.78, 5) is 28.8. The molecule has 1 rings (SSSR count). The Labute approximate surface area is 117 Å². The molecule has 0 saturated carbocycles. The Morgan fingerprint density at radius 1 is 1.25 bits per heavy atom. The van der Waals surface area contributed by atoms with Crippen LogP contribution in [0.1, 0.15) is 20.8 Å². The molecule has 0 aliphatic heterocycles. The van der Waals surface area contributed by atoms with Crippen LogP contribution in [-0.4, -0.2) is 67.4 Å². The van der Waals surface area contributed by atoms with Crippen LogP contribution in [0, 0.1) is 0 Å². The third kappa shape index (κ3) is 4.29. The molecular weight excluding hydrogens is 264 g/mol. The van der Waals surface area contributed by atoms with Crippen LogP contribution in [0.3, 0.4) is 0 Å². The van der Waals surface area contributed by atoms with Crippen LogP contribution >= 0.6 is 0 Å². The summed E-state index contributed by atoms with van der Waals surface area (Å²) in [6.45, 7) is 1.39. The smallest absolute Gasteiger partial charge is 0.338 e. The van der Waals surface area contributed by atoms with Gasteiger partial charge in [-0.1, -0.05) is 0 Å². The predicted octanol–water partition coefficient (Wildman–Crippen LogP) is 0.515. The summed E-state index contributed by atoms with van der Waals surface area (Å²) in [5.41, 5.74) is -0.190. The fourth-order valence-corrected chi connectivity index (χ4v) is 1.62. The molecule has 1 aromatic rings. The molecule has 110 valence electrons. The van der Waals surface area contributed by atoms with Gasteiger partial charge in [0, 0.05) is 33.5 Å². The molecule has 0 saturated heterocycles. The fourth-order valence-electron chi connectivity index (χ4n) is 1.62.